The molecule has 0 bridgehead atoms. The zero-order chi connectivity index (χ0) is 12.5. The predicted molar refractivity (Wildman–Crippen MR) is 62.1 cm³/mol. The highest BCUT2D eigenvalue weighted by atomic mass is 16.2. The Balaban J connectivity index is 2.02. The quantitative estimate of drug-likeness (QED) is 0.730. The fourth-order valence-electron chi connectivity index (χ4n) is 2.03. The highest BCUT2D eigenvalue weighted by Gasteiger charge is 2.32. The predicted octanol–water partition coefficient (Wildman–Crippen LogP) is 1.19. The molecule has 0 unspecified atom stereocenters. The smallest absolute Gasteiger partial charge is 0.257 e. The number of nitrogens with zero attached hydrogens (tertiary/aromatic N) is 4. The van der Waals surface area contributed by atoms with Crippen LogP contribution < -0.4 is 0 Å². The summed E-state index contributed by atoms with van der Waals surface area (Å²) >= 11 is 0. The van der Waals surface area contributed by atoms with Crippen molar-refractivity contribution in [2.45, 2.75) is 19.8 Å². The van der Waals surface area contributed by atoms with Crippen molar-refractivity contribution in [2.75, 3.05) is 13.1 Å². The minimum absolute atomic E-state index is 0.0121. The first kappa shape index (κ1) is 11.6. The number of likely N-dealkylation sites (tertiary alicyclic amines) is 1. The molecule has 17 heavy (non-hydrogen) atoms. The van der Waals surface area contributed by atoms with Crippen molar-refractivity contribution in [3.8, 4) is 6.07 Å². The van der Waals surface area contributed by atoms with Gasteiger partial charge in [0.1, 0.15) is 0 Å². The minimum Gasteiger partial charge on any atom is -0.338 e. The standard InChI is InChI=1S/C12H16N4O/c1-12(9-13)3-5-16(6-4-12)11(17)10-7-14-15(2)8-10/h7-8H,3-6H2,1-2H3. The van der Waals surface area contributed by atoms with Gasteiger partial charge in [-0.05, 0) is 19.8 Å². The van der Waals surface area contributed by atoms with Crippen molar-refractivity contribution in [3.63, 3.8) is 0 Å². The molecule has 1 aromatic heterocycles. The monoisotopic (exact) mass is 232 g/mol. The van der Waals surface area contributed by atoms with Crippen LogP contribution in [0.1, 0.15) is 30.1 Å². The Kier molecular flexibility index (Phi) is 2.88. The molecule has 0 aliphatic carbocycles. The van der Waals surface area contributed by atoms with E-state index in [-0.39, 0.29) is 11.3 Å². The Labute approximate surface area is 101 Å². The lowest BCUT2D eigenvalue weighted by molar-refractivity contribution is 0.0661. The molecule has 0 saturated carbocycles. The maximum Gasteiger partial charge on any atom is 0.257 e. The summed E-state index contributed by atoms with van der Waals surface area (Å²) in [5.41, 5.74) is 0.346. The molecule has 0 spiro atoms. The third-order valence-electron chi connectivity index (χ3n) is 3.38. The maximum atomic E-state index is 12.1. The summed E-state index contributed by atoms with van der Waals surface area (Å²) in [6, 6.07) is 2.33. The van der Waals surface area contributed by atoms with Crippen molar-refractivity contribution >= 4 is 5.91 Å². The van der Waals surface area contributed by atoms with Crippen LogP contribution in [0.4, 0.5) is 0 Å². The summed E-state index contributed by atoms with van der Waals surface area (Å²) in [6.45, 7) is 3.26. The largest absolute Gasteiger partial charge is 0.338 e. The van der Waals surface area contributed by atoms with Crippen LogP contribution in [0.5, 0.6) is 0 Å². The van der Waals surface area contributed by atoms with Crippen LogP contribution in [0.2, 0.25) is 0 Å². The zero-order valence-electron chi connectivity index (χ0n) is 10.2. The van der Waals surface area contributed by atoms with Gasteiger partial charge in [-0.25, -0.2) is 0 Å². The van der Waals surface area contributed by atoms with E-state index in [1.165, 1.54) is 0 Å². The summed E-state index contributed by atoms with van der Waals surface area (Å²) < 4.78 is 1.62. The number of aromatic nitrogens is 2. The van der Waals surface area contributed by atoms with Crippen molar-refractivity contribution in [3.05, 3.63) is 18.0 Å². The average molecular weight is 232 g/mol. The number of amides is 1. The molecule has 5 nitrogen and oxygen atoms in total. The molecule has 2 rings (SSSR count). The highest BCUT2D eigenvalue weighted by molar-refractivity contribution is 5.93. The molecule has 1 amide bonds. The molecule has 0 aromatic carbocycles. The summed E-state index contributed by atoms with van der Waals surface area (Å²) in [4.78, 5) is 13.9. The average Bonchev–Trinajstić information content (AvgIpc) is 2.76. The van der Waals surface area contributed by atoms with E-state index in [0.717, 1.165) is 12.8 Å². The van der Waals surface area contributed by atoms with E-state index < -0.39 is 0 Å². The van der Waals surface area contributed by atoms with Gasteiger partial charge in [0.25, 0.3) is 5.91 Å². The SMILES string of the molecule is Cn1cc(C(=O)N2CCC(C)(C#N)CC2)cn1. The maximum absolute atomic E-state index is 12.1. The van der Waals surface area contributed by atoms with Gasteiger partial charge in [0, 0.05) is 26.3 Å². The lowest BCUT2D eigenvalue weighted by Gasteiger charge is -2.34. The van der Waals surface area contributed by atoms with Gasteiger partial charge in [0.15, 0.2) is 0 Å². The topological polar surface area (TPSA) is 61.9 Å². The third-order valence-corrected chi connectivity index (χ3v) is 3.38. The van der Waals surface area contributed by atoms with Crippen LogP contribution in [0, 0.1) is 16.7 Å². The molecule has 1 aliphatic rings. The number of piperidine rings is 1. The van der Waals surface area contributed by atoms with Crippen LogP contribution in [0.3, 0.4) is 0 Å². The Morgan fingerprint density at radius 2 is 2.18 bits per heavy atom. The number of hydrogen-bond donors (Lipinski definition) is 0. The van der Waals surface area contributed by atoms with E-state index in [9.17, 15) is 4.79 Å². The number of carbonyl (C=O) groups excluding carboxylic acids is 1. The van der Waals surface area contributed by atoms with E-state index in [1.54, 1.807) is 29.0 Å². The second-order valence-electron chi connectivity index (χ2n) is 4.87. The molecule has 0 radical (unpaired) electrons. The normalized spacial score (nSPS) is 18.8. The summed E-state index contributed by atoms with van der Waals surface area (Å²) in [5, 5.41) is 13.0. The molecule has 1 aliphatic heterocycles. The molecular weight excluding hydrogens is 216 g/mol. The summed E-state index contributed by atoms with van der Waals surface area (Å²) in [6.07, 6.45) is 4.80. The van der Waals surface area contributed by atoms with Gasteiger partial charge in [0.2, 0.25) is 0 Å². The van der Waals surface area contributed by atoms with Gasteiger partial charge in [-0.3, -0.25) is 9.48 Å². The molecule has 1 fully saturated rings. The van der Waals surface area contributed by atoms with Crippen molar-refractivity contribution in [2.24, 2.45) is 12.5 Å². The van der Waals surface area contributed by atoms with E-state index in [0.29, 0.717) is 18.7 Å². The molecule has 5 heteroatoms. The third kappa shape index (κ3) is 2.31. The summed E-state index contributed by atoms with van der Waals surface area (Å²) in [7, 11) is 1.79. The van der Waals surface area contributed by atoms with Crippen molar-refractivity contribution < 1.29 is 4.79 Å². The van der Waals surface area contributed by atoms with Crippen LogP contribution >= 0.6 is 0 Å². The van der Waals surface area contributed by atoms with E-state index in [4.69, 9.17) is 5.26 Å². The van der Waals surface area contributed by atoms with E-state index in [1.807, 2.05) is 6.92 Å². The fraction of sp³-hybridized carbons (Fsp3) is 0.583. The first-order valence-electron chi connectivity index (χ1n) is 5.73. The van der Waals surface area contributed by atoms with E-state index in [2.05, 4.69) is 11.2 Å². The number of nitriles is 1. The van der Waals surface area contributed by atoms with Gasteiger partial charge >= 0.3 is 0 Å². The molecule has 2 heterocycles. The Bertz CT molecular complexity index is 463. The van der Waals surface area contributed by atoms with Crippen LogP contribution in [0.25, 0.3) is 0 Å². The number of aryl methyl sites for hydroxylation is 1. The Morgan fingerprint density at radius 1 is 1.53 bits per heavy atom. The van der Waals surface area contributed by atoms with Gasteiger partial charge in [-0.2, -0.15) is 10.4 Å². The number of carbonyl (C=O) groups is 1. The van der Waals surface area contributed by atoms with Crippen molar-refractivity contribution in [1.82, 2.24) is 14.7 Å². The van der Waals surface area contributed by atoms with Gasteiger partial charge < -0.3 is 4.90 Å². The van der Waals surface area contributed by atoms with Gasteiger partial charge in [-0.1, -0.05) is 0 Å². The van der Waals surface area contributed by atoms with Crippen LogP contribution in [-0.4, -0.2) is 33.7 Å². The fourth-order valence-corrected chi connectivity index (χ4v) is 2.03. The molecular formula is C12H16N4O. The first-order valence-corrected chi connectivity index (χ1v) is 5.73. The molecule has 90 valence electrons. The Hall–Kier alpha value is -1.83. The van der Waals surface area contributed by atoms with Crippen LogP contribution in [0.15, 0.2) is 12.4 Å². The minimum atomic E-state index is -0.272. The highest BCUT2D eigenvalue weighted by Crippen LogP contribution is 2.30. The van der Waals surface area contributed by atoms with Crippen LogP contribution in [-0.2, 0) is 7.05 Å². The Morgan fingerprint density at radius 3 is 2.65 bits per heavy atom. The van der Waals surface area contributed by atoms with E-state index >= 15 is 0 Å². The first-order chi connectivity index (χ1) is 8.04. The second kappa shape index (κ2) is 4.21. The number of hydrogen-bond acceptors (Lipinski definition) is 3. The molecule has 1 saturated heterocycles. The lowest BCUT2D eigenvalue weighted by Crippen LogP contribution is -2.41. The number of rotatable bonds is 1. The zero-order valence-corrected chi connectivity index (χ0v) is 10.2. The molecule has 0 atom stereocenters. The van der Waals surface area contributed by atoms with Gasteiger partial charge in [0.05, 0.1) is 23.2 Å². The molecule has 0 N–H and O–H groups in total. The molecule has 1 aromatic rings. The van der Waals surface area contributed by atoms with Crippen molar-refractivity contribution in [1.29, 1.82) is 5.26 Å². The second-order valence-corrected chi connectivity index (χ2v) is 4.87. The van der Waals surface area contributed by atoms with Gasteiger partial charge in [-0.15, -0.1) is 0 Å². The summed E-state index contributed by atoms with van der Waals surface area (Å²) in [5.74, 6) is 0.0121. The lowest BCUT2D eigenvalue weighted by atomic mass is 9.82.